The first-order valence-electron chi connectivity index (χ1n) is 9.56. The van der Waals surface area contributed by atoms with E-state index in [1.54, 1.807) is 25.2 Å². The van der Waals surface area contributed by atoms with Gasteiger partial charge in [0.2, 0.25) is 5.91 Å². The Balaban J connectivity index is 1.59. The Kier molecular flexibility index (Phi) is 5.02. The number of likely N-dealkylation sites (tertiary alicyclic amines) is 1. The van der Waals surface area contributed by atoms with Gasteiger partial charge >= 0.3 is 6.03 Å². The van der Waals surface area contributed by atoms with Crippen molar-refractivity contribution in [2.75, 3.05) is 33.2 Å². The molecule has 1 N–H and O–H groups in total. The molecule has 1 fully saturated rings. The number of urea groups is 1. The summed E-state index contributed by atoms with van der Waals surface area (Å²) >= 11 is 6.33. The first kappa shape index (κ1) is 18.8. The molecule has 1 saturated heterocycles. The summed E-state index contributed by atoms with van der Waals surface area (Å²) in [5.41, 5.74) is 1.79. The van der Waals surface area contributed by atoms with E-state index in [2.05, 4.69) is 5.32 Å². The molecule has 3 aliphatic rings. The Labute approximate surface area is 168 Å². The lowest BCUT2D eigenvalue weighted by atomic mass is 9.96. The van der Waals surface area contributed by atoms with Crippen LogP contribution in [-0.4, -0.2) is 65.8 Å². The van der Waals surface area contributed by atoms with Crippen molar-refractivity contribution in [1.29, 1.82) is 0 Å². The molecule has 0 saturated carbocycles. The average molecular weight is 403 g/mol. The minimum absolute atomic E-state index is 0.0309. The molecule has 1 aromatic rings. The number of halogens is 1. The maximum Gasteiger partial charge on any atom is 0.322 e. The molecule has 1 aromatic carbocycles. The predicted octanol–water partition coefficient (Wildman–Crippen LogP) is 2.14. The van der Waals surface area contributed by atoms with Crippen molar-refractivity contribution in [3.05, 3.63) is 46.1 Å². The fourth-order valence-corrected chi connectivity index (χ4v) is 4.35. The normalized spacial score (nSPS) is 22.5. The van der Waals surface area contributed by atoms with E-state index in [0.29, 0.717) is 21.9 Å². The lowest BCUT2D eigenvalue weighted by Crippen LogP contribution is -2.45. The van der Waals surface area contributed by atoms with Gasteiger partial charge in [0.15, 0.2) is 0 Å². The molecule has 0 spiro atoms. The van der Waals surface area contributed by atoms with E-state index in [4.69, 9.17) is 11.6 Å². The number of hydrogen-bond donors (Lipinski definition) is 1. The van der Waals surface area contributed by atoms with E-state index in [1.807, 2.05) is 11.0 Å². The van der Waals surface area contributed by atoms with E-state index < -0.39 is 6.04 Å². The second-order valence-corrected chi connectivity index (χ2v) is 7.83. The SMILES string of the molecule is CN1C(=O)NC(c2ccccc2Cl)C2=C1CN(CC(=O)N1CCCCC1)C2=O. The second-order valence-electron chi connectivity index (χ2n) is 7.43. The number of likely N-dealkylation sites (N-methyl/N-ethyl adjacent to an activating group) is 1. The maximum atomic E-state index is 13.2. The first-order chi connectivity index (χ1) is 13.5. The van der Waals surface area contributed by atoms with Crippen LogP contribution in [0.3, 0.4) is 0 Å². The lowest BCUT2D eigenvalue weighted by molar-refractivity contribution is -0.138. The Morgan fingerprint density at radius 3 is 2.61 bits per heavy atom. The van der Waals surface area contributed by atoms with Crippen LogP contribution in [0, 0.1) is 0 Å². The quantitative estimate of drug-likeness (QED) is 0.841. The molecular formula is C20H23ClN4O3. The van der Waals surface area contributed by atoms with Gasteiger partial charge < -0.3 is 15.1 Å². The van der Waals surface area contributed by atoms with E-state index in [9.17, 15) is 14.4 Å². The van der Waals surface area contributed by atoms with Gasteiger partial charge in [0.05, 0.1) is 23.9 Å². The molecule has 4 rings (SSSR count). The summed E-state index contributed by atoms with van der Waals surface area (Å²) in [4.78, 5) is 43.1. The Bertz CT molecular complexity index is 863. The van der Waals surface area contributed by atoms with Crippen LogP contribution in [0.1, 0.15) is 30.9 Å². The number of piperidine rings is 1. The molecule has 148 valence electrons. The molecule has 0 aromatic heterocycles. The summed E-state index contributed by atoms with van der Waals surface area (Å²) in [5, 5.41) is 3.35. The Morgan fingerprint density at radius 2 is 1.89 bits per heavy atom. The van der Waals surface area contributed by atoms with Crippen molar-refractivity contribution >= 4 is 29.4 Å². The van der Waals surface area contributed by atoms with Gasteiger partial charge in [-0.15, -0.1) is 0 Å². The average Bonchev–Trinajstić information content (AvgIpc) is 3.02. The van der Waals surface area contributed by atoms with Crippen molar-refractivity contribution in [1.82, 2.24) is 20.0 Å². The van der Waals surface area contributed by atoms with Crippen LogP contribution in [0.4, 0.5) is 4.79 Å². The predicted molar refractivity (Wildman–Crippen MR) is 105 cm³/mol. The number of nitrogens with one attached hydrogen (secondary N) is 1. The van der Waals surface area contributed by atoms with Gasteiger partial charge in [0.1, 0.15) is 6.54 Å². The number of carbonyl (C=O) groups is 3. The molecule has 4 amide bonds. The van der Waals surface area contributed by atoms with Crippen LogP contribution < -0.4 is 5.32 Å². The summed E-state index contributed by atoms with van der Waals surface area (Å²) < 4.78 is 0. The minimum atomic E-state index is -0.616. The molecule has 28 heavy (non-hydrogen) atoms. The zero-order valence-electron chi connectivity index (χ0n) is 15.8. The minimum Gasteiger partial charge on any atom is -0.341 e. The zero-order chi connectivity index (χ0) is 19.8. The van der Waals surface area contributed by atoms with Crippen molar-refractivity contribution < 1.29 is 14.4 Å². The van der Waals surface area contributed by atoms with Crippen LogP contribution in [0.2, 0.25) is 5.02 Å². The fraction of sp³-hybridized carbons (Fsp3) is 0.450. The molecule has 1 unspecified atom stereocenters. The van der Waals surface area contributed by atoms with Crippen LogP contribution in [-0.2, 0) is 9.59 Å². The third-order valence-electron chi connectivity index (χ3n) is 5.69. The third-order valence-corrected chi connectivity index (χ3v) is 6.03. The molecule has 7 nitrogen and oxygen atoms in total. The number of amides is 4. The molecule has 1 atom stereocenters. The standard InChI is InChI=1S/C20H23ClN4O3/c1-23-15-11-25(12-16(26)24-9-5-2-6-10-24)19(27)17(15)18(22-20(23)28)13-7-3-4-8-14(13)21/h3-4,7-8,18H,2,5-6,9-12H2,1H3,(H,22,28). The summed E-state index contributed by atoms with van der Waals surface area (Å²) in [6.45, 7) is 1.77. The van der Waals surface area contributed by atoms with Crippen LogP contribution in [0.5, 0.6) is 0 Å². The highest BCUT2D eigenvalue weighted by Crippen LogP contribution is 2.37. The van der Waals surface area contributed by atoms with Gasteiger partial charge in [0, 0.05) is 25.2 Å². The lowest BCUT2D eigenvalue weighted by Gasteiger charge is -2.31. The van der Waals surface area contributed by atoms with Crippen molar-refractivity contribution in [3.63, 3.8) is 0 Å². The van der Waals surface area contributed by atoms with Crippen LogP contribution >= 0.6 is 11.6 Å². The third kappa shape index (κ3) is 3.24. The number of rotatable bonds is 3. The summed E-state index contributed by atoms with van der Waals surface area (Å²) in [6.07, 6.45) is 3.15. The van der Waals surface area contributed by atoms with Gasteiger partial charge in [-0.2, -0.15) is 0 Å². The molecular weight excluding hydrogens is 380 g/mol. The molecule has 0 radical (unpaired) electrons. The first-order valence-corrected chi connectivity index (χ1v) is 9.94. The van der Waals surface area contributed by atoms with Crippen molar-refractivity contribution in [3.8, 4) is 0 Å². The monoisotopic (exact) mass is 402 g/mol. The number of hydrogen-bond acceptors (Lipinski definition) is 3. The van der Waals surface area contributed by atoms with Crippen LogP contribution in [0.25, 0.3) is 0 Å². The molecule has 0 bridgehead atoms. The summed E-state index contributed by atoms with van der Waals surface area (Å²) in [6, 6.07) is 6.26. The Hall–Kier alpha value is -2.54. The van der Waals surface area contributed by atoms with Gasteiger partial charge in [-0.05, 0) is 30.9 Å². The molecule has 8 heteroatoms. The molecule has 3 aliphatic heterocycles. The Morgan fingerprint density at radius 1 is 1.18 bits per heavy atom. The second kappa shape index (κ2) is 7.47. The van der Waals surface area contributed by atoms with E-state index in [0.717, 1.165) is 32.4 Å². The highest BCUT2D eigenvalue weighted by atomic mass is 35.5. The summed E-state index contributed by atoms with van der Waals surface area (Å²) in [5.74, 6) is -0.263. The highest BCUT2D eigenvalue weighted by molar-refractivity contribution is 6.31. The van der Waals surface area contributed by atoms with E-state index in [1.165, 1.54) is 9.80 Å². The number of carbonyl (C=O) groups excluding carboxylic acids is 3. The van der Waals surface area contributed by atoms with E-state index >= 15 is 0 Å². The van der Waals surface area contributed by atoms with Crippen molar-refractivity contribution in [2.24, 2.45) is 0 Å². The van der Waals surface area contributed by atoms with Crippen LogP contribution in [0.15, 0.2) is 35.5 Å². The topological polar surface area (TPSA) is 73.0 Å². The highest BCUT2D eigenvalue weighted by Gasteiger charge is 2.44. The summed E-state index contributed by atoms with van der Waals surface area (Å²) in [7, 11) is 1.64. The van der Waals surface area contributed by atoms with Crippen molar-refractivity contribution in [2.45, 2.75) is 25.3 Å². The largest absolute Gasteiger partial charge is 0.341 e. The smallest absolute Gasteiger partial charge is 0.322 e. The van der Waals surface area contributed by atoms with Gasteiger partial charge in [0.25, 0.3) is 5.91 Å². The zero-order valence-corrected chi connectivity index (χ0v) is 16.5. The number of benzene rings is 1. The van der Waals surface area contributed by atoms with Gasteiger partial charge in [-0.25, -0.2) is 4.79 Å². The number of nitrogens with zero attached hydrogens (tertiary/aromatic N) is 3. The van der Waals surface area contributed by atoms with Gasteiger partial charge in [-0.1, -0.05) is 29.8 Å². The van der Waals surface area contributed by atoms with E-state index in [-0.39, 0.29) is 30.9 Å². The maximum absolute atomic E-state index is 13.2. The molecule has 0 aliphatic carbocycles. The van der Waals surface area contributed by atoms with Gasteiger partial charge in [-0.3, -0.25) is 14.5 Å². The fourth-order valence-electron chi connectivity index (χ4n) is 4.10. The molecule has 3 heterocycles.